The van der Waals surface area contributed by atoms with Crippen LogP contribution in [-0.2, 0) is 14.3 Å². The number of esters is 1. The summed E-state index contributed by atoms with van der Waals surface area (Å²) in [6.07, 6.45) is -0.370. The summed E-state index contributed by atoms with van der Waals surface area (Å²) < 4.78 is 10.0. The van der Waals surface area contributed by atoms with E-state index in [0.717, 1.165) is 0 Å². The molecule has 3 atom stereocenters. The lowest BCUT2D eigenvalue weighted by Crippen LogP contribution is -2.42. The summed E-state index contributed by atoms with van der Waals surface area (Å²) in [5.41, 5.74) is 5.37. The summed E-state index contributed by atoms with van der Waals surface area (Å²) in [7, 11) is 0. The maximum absolute atomic E-state index is 11.2. The van der Waals surface area contributed by atoms with Crippen molar-refractivity contribution in [1.29, 1.82) is 0 Å². The second-order valence-corrected chi connectivity index (χ2v) is 3.19. The van der Waals surface area contributed by atoms with Crippen LogP contribution in [0.15, 0.2) is 0 Å². The minimum atomic E-state index is -0.958. The molecular formula is C8H15NO4. The summed E-state index contributed by atoms with van der Waals surface area (Å²) in [6.45, 7) is 2.50. The molecule has 1 fully saturated rings. The molecule has 1 rings (SSSR count). The highest BCUT2D eigenvalue weighted by Gasteiger charge is 2.25. The minimum Gasteiger partial charge on any atom is -0.459 e. The van der Waals surface area contributed by atoms with Gasteiger partial charge in [0.2, 0.25) is 0 Å². The SMILES string of the molecule is C[C@H](O)[C@H](N)C(=O)OC1CCOC1. The van der Waals surface area contributed by atoms with Crippen LogP contribution in [0.2, 0.25) is 0 Å². The molecule has 5 heteroatoms. The molecule has 0 aromatic rings. The molecule has 1 aliphatic rings. The quantitative estimate of drug-likeness (QED) is 0.558. The van der Waals surface area contributed by atoms with Gasteiger partial charge in [0.1, 0.15) is 12.1 Å². The van der Waals surface area contributed by atoms with Gasteiger partial charge in [-0.2, -0.15) is 0 Å². The van der Waals surface area contributed by atoms with Gasteiger partial charge in [0.25, 0.3) is 0 Å². The van der Waals surface area contributed by atoms with Crippen LogP contribution >= 0.6 is 0 Å². The first-order chi connectivity index (χ1) is 6.11. The van der Waals surface area contributed by atoms with Crippen molar-refractivity contribution < 1.29 is 19.4 Å². The summed E-state index contributed by atoms with van der Waals surface area (Å²) in [5, 5.41) is 9.01. The molecule has 1 saturated heterocycles. The Bertz CT molecular complexity index is 177. The van der Waals surface area contributed by atoms with Crippen LogP contribution < -0.4 is 5.73 Å². The number of carbonyl (C=O) groups is 1. The van der Waals surface area contributed by atoms with Gasteiger partial charge in [-0.1, -0.05) is 0 Å². The monoisotopic (exact) mass is 189 g/mol. The molecule has 3 N–H and O–H groups in total. The Morgan fingerprint density at radius 3 is 2.92 bits per heavy atom. The van der Waals surface area contributed by atoms with Gasteiger partial charge < -0.3 is 20.3 Å². The van der Waals surface area contributed by atoms with E-state index in [1.54, 1.807) is 0 Å². The number of carbonyl (C=O) groups excluding carboxylic acids is 1. The molecule has 0 spiro atoms. The summed E-state index contributed by atoms with van der Waals surface area (Å²) in [4.78, 5) is 11.2. The zero-order chi connectivity index (χ0) is 9.84. The van der Waals surface area contributed by atoms with Gasteiger partial charge in [0.05, 0.1) is 19.3 Å². The second kappa shape index (κ2) is 4.55. The van der Waals surface area contributed by atoms with Crippen molar-refractivity contribution in [3.05, 3.63) is 0 Å². The predicted octanol–water partition coefficient (Wildman–Crippen LogP) is -0.973. The van der Waals surface area contributed by atoms with Crippen LogP contribution in [0.25, 0.3) is 0 Å². The number of rotatable bonds is 3. The van der Waals surface area contributed by atoms with Gasteiger partial charge in [-0.15, -0.1) is 0 Å². The maximum atomic E-state index is 11.2. The van der Waals surface area contributed by atoms with Crippen LogP contribution in [0.3, 0.4) is 0 Å². The zero-order valence-electron chi connectivity index (χ0n) is 7.60. The van der Waals surface area contributed by atoms with Crippen molar-refractivity contribution in [2.24, 2.45) is 5.73 Å². The Hall–Kier alpha value is -0.650. The van der Waals surface area contributed by atoms with E-state index in [4.69, 9.17) is 20.3 Å². The highest BCUT2D eigenvalue weighted by molar-refractivity contribution is 5.76. The van der Waals surface area contributed by atoms with E-state index in [2.05, 4.69) is 0 Å². The molecule has 0 aliphatic carbocycles. The summed E-state index contributed by atoms with van der Waals surface area (Å²) in [6, 6.07) is -0.958. The number of ether oxygens (including phenoxy) is 2. The molecule has 1 aliphatic heterocycles. The van der Waals surface area contributed by atoms with E-state index in [1.807, 2.05) is 0 Å². The van der Waals surface area contributed by atoms with E-state index >= 15 is 0 Å². The van der Waals surface area contributed by atoms with Crippen molar-refractivity contribution in [3.8, 4) is 0 Å². The molecule has 0 aromatic heterocycles. The topological polar surface area (TPSA) is 81.8 Å². The number of aliphatic hydroxyl groups is 1. The Morgan fingerprint density at radius 2 is 2.46 bits per heavy atom. The maximum Gasteiger partial charge on any atom is 0.325 e. The second-order valence-electron chi connectivity index (χ2n) is 3.19. The molecule has 5 nitrogen and oxygen atoms in total. The molecule has 0 radical (unpaired) electrons. The van der Waals surface area contributed by atoms with Gasteiger partial charge >= 0.3 is 5.97 Å². The van der Waals surface area contributed by atoms with Crippen molar-refractivity contribution in [3.63, 3.8) is 0 Å². The van der Waals surface area contributed by atoms with Gasteiger partial charge in [-0.3, -0.25) is 4.79 Å². The Balaban J connectivity index is 2.31. The highest BCUT2D eigenvalue weighted by Crippen LogP contribution is 2.09. The molecule has 1 heterocycles. The van der Waals surface area contributed by atoms with Crippen molar-refractivity contribution in [1.82, 2.24) is 0 Å². The lowest BCUT2D eigenvalue weighted by atomic mass is 10.2. The molecule has 13 heavy (non-hydrogen) atoms. The molecule has 1 unspecified atom stereocenters. The normalized spacial score (nSPS) is 26.8. The molecule has 0 aromatic carbocycles. The van der Waals surface area contributed by atoms with Crippen molar-refractivity contribution in [2.45, 2.75) is 31.6 Å². The fraction of sp³-hybridized carbons (Fsp3) is 0.875. The molecular weight excluding hydrogens is 174 g/mol. The third kappa shape index (κ3) is 2.95. The zero-order valence-corrected chi connectivity index (χ0v) is 7.60. The molecule has 0 saturated carbocycles. The fourth-order valence-corrected chi connectivity index (χ4v) is 1.05. The highest BCUT2D eigenvalue weighted by atomic mass is 16.6. The van der Waals surface area contributed by atoms with Gasteiger partial charge in [-0.05, 0) is 6.92 Å². The van der Waals surface area contributed by atoms with Crippen LogP contribution in [-0.4, -0.2) is 42.5 Å². The van der Waals surface area contributed by atoms with Crippen molar-refractivity contribution in [2.75, 3.05) is 13.2 Å². The number of hydrogen-bond acceptors (Lipinski definition) is 5. The standard InChI is InChI=1S/C8H15NO4/c1-5(10)7(9)8(11)13-6-2-3-12-4-6/h5-7,10H,2-4,9H2,1H3/t5-,6?,7-/m0/s1. The van der Waals surface area contributed by atoms with Crippen LogP contribution in [0.1, 0.15) is 13.3 Å². The largest absolute Gasteiger partial charge is 0.459 e. The Labute approximate surface area is 76.8 Å². The molecule has 0 amide bonds. The Kier molecular flexibility index (Phi) is 3.65. The average Bonchev–Trinajstić information content (AvgIpc) is 2.55. The fourth-order valence-electron chi connectivity index (χ4n) is 1.05. The van der Waals surface area contributed by atoms with Gasteiger partial charge in [-0.25, -0.2) is 0 Å². The lowest BCUT2D eigenvalue weighted by molar-refractivity contribution is -0.153. The minimum absolute atomic E-state index is 0.197. The average molecular weight is 189 g/mol. The Morgan fingerprint density at radius 1 is 1.77 bits per heavy atom. The first kappa shape index (κ1) is 10.4. The van der Waals surface area contributed by atoms with Crippen molar-refractivity contribution >= 4 is 5.97 Å². The third-order valence-electron chi connectivity index (χ3n) is 1.96. The van der Waals surface area contributed by atoms with E-state index in [9.17, 15) is 4.79 Å². The lowest BCUT2D eigenvalue weighted by Gasteiger charge is -2.16. The number of hydrogen-bond donors (Lipinski definition) is 2. The smallest absolute Gasteiger partial charge is 0.325 e. The van der Waals surface area contributed by atoms with E-state index in [1.165, 1.54) is 6.92 Å². The first-order valence-corrected chi connectivity index (χ1v) is 4.33. The summed E-state index contributed by atoms with van der Waals surface area (Å²) in [5.74, 6) is -0.564. The van der Waals surface area contributed by atoms with Crippen LogP contribution in [0, 0.1) is 0 Å². The number of aliphatic hydroxyl groups excluding tert-OH is 1. The first-order valence-electron chi connectivity index (χ1n) is 4.33. The molecule has 76 valence electrons. The summed E-state index contributed by atoms with van der Waals surface area (Å²) >= 11 is 0. The van der Waals surface area contributed by atoms with E-state index in [-0.39, 0.29) is 6.10 Å². The van der Waals surface area contributed by atoms with Crippen LogP contribution in [0.4, 0.5) is 0 Å². The predicted molar refractivity (Wildman–Crippen MR) is 45.0 cm³/mol. The van der Waals surface area contributed by atoms with E-state index < -0.39 is 18.1 Å². The van der Waals surface area contributed by atoms with Gasteiger partial charge in [0, 0.05) is 6.42 Å². The van der Waals surface area contributed by atoms with Gasteiger partial charge in [0.15, 0.2) is 0 Å². The number of nitrogens with two attached hydrogens (primary N) is 1. The van der Waals surface area contributed by atoms with Crippen LogP contribution in [0.5, 0.6) is 0 Å². The third-order valence-corrected chi connectivity index (χ3v) is 1.96. The van der Waals surface area contributed by atoms with E-state index in [0.29, 0.717) is 19.6 Å². The molecule has 0 bridgehead atoms.